The summed E-state index contributed by atoms with van der Waals surface area (Å²) in [4.78, 5) is 18.4. The molecule has 5 nitrogen and oxygen atoms in total. The van der Waals surface area contributed by atoms with Crippen LogP contribution in [0, 0.1) is 6.92 Å². The summed E-state index contributed by atoms with van der Waals surface area (Å²) in [6.07, 6.45) is 7.06. The van der Waals surface area contributed by atoms with Gasteiger partial charge in [0.05, 0.1) is 6.42 Å². The Morgan fingerprint density at radius 2 is 2.17 bits per heavy atom. The van der Waals surface area contributed by atoms with Crippen LogP contribution in [0.25, 0.3) is 10.9 Å². The lowest BCUT2D eigenvalue weighted by molar-refractivity contribution is -0.137. The van der Waals surface area contributed by atoms with Gasteiger partial charge in [0.1, 0.15) is 0 Å². The van der Waals surface area contributed by atoms with Crippen molar-refractivity contribution in [2.45, 2.75) is 57.2 Å². The molecule has 1 fully saturated rings. The third-order valence-electron chi connectivity index (χ3n) is 7.11. The molecule has 2 aliphatic rings. The van der Waals surface area contributed by atoms with Gasteiger partial charge in [-0.3, -0.25) is 14.7 Å². The fraction of sp³-hybridized carbons (Fsp3) is 0.417. The zero-order valence-electron chi connectivity index (χ0n) is 17.3. The van der Waals surface area contributed by atoms with Gasteiger partial charge in [-0.1, -0.05) is 11.6 Å². The van der Waals surface area contributed by atoms with Crippen LogP contribution in [0.3, 0.4) is 0 Å². The molecule has 4 heterocycles. The van der Waals surface area contributed by atoms with E-state index in [4.69, 9.17) is 11.6 Å². The Labute approximate surface area is 181 Å². The minimum absolute atomic E-state index is 0.0969. The number of likely N-dealkylation sites (N-methyl/N-ethyl adjacent to an activating group) is 1. The van der Waals surface area contributed by atoms with Crippen molar-refractivity contribution in [1.29, 1.82) is 0 Å². The van der Waals surface area contributed by atoms with Crippen LogP contribution >= 0.6 is 11.6 Å². The molecule has 6 heteroatoms. The molecule has 2 bridgehead atoms. The van der Waals surface area contributed by atoms with E-state index in [9.17, 15) is 9.90 Å². The molecule has 5 rings (SSSR count). The number of nitrogens with zero attached hydrogens (tertiary/aromatic N) is 3. The Kier molecular flexibility index (Phi) is 4.83. The Morgan fingerprint density at radius 3 is 2.93 bits per heavy atom. The molecule has 2 aliphatic heterocycles. The number of aryl methyl sites for hydroxylation is 1. The van der Waals surface area contributed by atoms with Crippen molar-refractivity contribution in [3.05, 3.63) is 64.1 Å². The van der Waals surface area contributed by atoms with Gasteiger partial charge in [0.15, 0.2) is 0 Å². The quantitative estimate of drug-likeness (QED) is 0.630. The summed E-state index contributed by atoms with van der Waals surface area (Å²) in [6.45, 7) is 2.66. The number of aliphatic carboxylic acids is 1. The monoisotopic (exact) mass is 423 g/mol. The van der Waals surface area contributed by atoms with E-state index in [1.165, 1.54) is 29.5 Å². The van der Waals surface area contributed by atoms with Gasteiger partial charge in [-0.2, -0.15) is 0 Å². The second kappa shape index (κ2) is 7.40. The van der Waals surface area contributed by atoms with E-state index in [2.05, 4.69) is 33.6 Å². The summed E-state index contributed by atoms with van der Waals surface area (Å²) >= 11 is 6.39. The molecule has 0 aliphatic carbocycles. The molecule has 0 saturated carbocycles. The van der Waals surface area contributed by atoms with Crippen molar-refractivity contribution in [2.24, 2.45) is 0 Å². The topological polar surface area (TPSA) is 58.4 Å². The molecule has 156 valence electrons. The van der Waals surface area contributed by atoms with E-state index in [1.54, 1.807) is 6.20 Å². The molecule has 0 amide bonds. The van der Waals surface area contributed by atoms with Crippen molar-refractivity contribution in [2.75, 3.05) is 7.05 Å². The third-order valence-corrected chi connectivity index (χ3v) is 7.34. The van der Waals surface area contributed by atoms with Crippen molar-refractivity contribution in [3.63, 3.8) is 0 Å². The number of hydrogen-bond donors (Lipinski definition) is 1. The van der Waals surface area contributed by atoms with Gasteiger partial charge >= 0.3 is 5.97 Å². The first-order chi connectivity index (χ1) is 14.4. The highest BCUT2D eigenvalue weighted by Gasteiger charge is 2.41. The summed E-state index contributed by atoms with van der Waals surface area (Å²) in [7, 11) is 2.23. The number of carboxylic acid groups (broad SMARTS) is 1. The Bertz CT molecular complexity index is 1140. The minimum Gasteiger partial charge on any atom is -0.481 e. The van der Waals surface area contributed by atoms with Gasteiger partial charge in [-0.25, -0.2) is 0 Å². The molecule has 0 radical (unpaired) electrons. The van der Waals surface area contributed by atoms with Crippen LogP contribution in [0.1, 0.15) is 53.6 Å². The third kappa shape index (κ3) is 3.12. The van der Waals surface area contributed by atoms with Crippen LogP contribution < -0.4 is 0 Å². The lowest BCUT2D eigenvalue weighted by Gasteiger charge is -2.33. The van der Waals surface area contributed by atoms with Gasteiger partial charge in [0.2, 0.25) is 0 Å². The molecule has 3 aromatic rings. The average Bonchev–Trinajstić information content (AvgIpc) is 3.11. The van der Waals surface area contributed by atoms with Crippen molar-refractivity contribution in [1.82, 2.24) is 14.5 Å². The first-order valence-electron chi connectivity index (χ1n) is 10.6. The summed E-state index contributed by atoms with van der Waals surface area (Å²) < 4.78 is 2.38. The Morgan fingerprint density at radius 1 is 1.33 bits per heavy atom. The SMILES string of the molecule is Cc1cnccc1C(CC(=O)O)Cn1c2c(c3cc(Cl)ccc31)C1CCC(C2)N1C. The van der Waals surface area contributed by atoms with Gasteiger partial charge in [-0.05, 0) is 67.8 Å². The number of pyridine rings is 1. The second-order valence-electron chi connectivity index (χ2n) is 8.78. The molecular weight excluding hydrogens is 398 g/mol. The van der Waals surface area contributed by atoms with Crippen molar-refractivity contribution >= 4 is 28.5 Å². The second-order valence-corrected chi connectivity index (χ2v) is 9.21. The minimum atomic E-state index is -0.774. The number of hydrogen-bond acceptors (Lipinski definition) is 3. The number of aromatic nitrogens is 2. The molecule has 1 saturated heterocycles. The first-order valence-corrected chi connectivity index (χ1v) is 11.0. The van der Waals surface area contributed by atoms with Gasteiger partial charge in [0, 0.05) is 65.0 Å². The van der Waals surface area contributed by atoms with Crippen molar-refractivity contribution in [3.8, 4) is 0 Å². The fourth-order valence-electron chi connectivity index (χ4n) is 5.68. The van der Waals surface area contributed by atoms with Crippen LogP contribution in [0.4, 0.5) is 0 Å². The number of carboxylic acids is 1. The molecular formula is C24H26ClN3O2. The van der Waals surface area contributed by atoms with E-state index in [0.717, 1.165) is 28.1 Å². The number of halogens is 1. The van der Waals surface area contributed by atoms with Gasteiger partial charge < -0.3 is 9.67 Å². The van der Waals surface area contributed by atoms with Crippen LogP contribution in [0.15, 0.2) is 36.7 Å². The van der Waals surface area contributed by atoms with E-state index in [0.29, 0.717) is 18.6 Å². The Hall–Kier alpha value is -2.37. The molecule has 3 unspecified atom stereocenters. The highest BCUT2D eigenvalue weighted by atomic mass is 35.5. The fourth-order valence-corrected chi connectivity index (χ4v) is 5.85. The lowest BCUT2D eigenvalue weighted by atomic mass is 9.92. The summed E-state index contributed by atoms with van der Waals surface area (Å²) in [5, 5.41) is 11.6. The predicted octanol–water partition coefficient (Wildman–Crippen LogP) is 4.95. The first kappa shape index (κ1) is 19.6. The molecule has 30 heavy (non-hydrogen) atoms. The molecule has 0 spiro atoms. The van der Waals surface area contributed by atoms with Gasteiger partial charge in [-0.15, -0.1) is 0 Å². The standard InChI is InChI=1S/C24H26ClN3O2/c1-14-12-26-8-7-18(14)15(9-23(29)30)13-28-20-5-3-16(25)10-19(20)24-21-6-4-17(27(21)2)11-22(24)28/h3,5,7-8,10,12,15,17,21H,4,6,9,11,13H2,1-2H3,(H,29,30). The highest BCUT2D eigenvalue weighted by Crippen LogP contribution is 2.47. The maximum atomic E-state index is 11.7. The summed E-state index contributed by atoms with van der Waals surface area (Å²) in [5.74, 6) is -0.887. The largest absolute Gasteiger partial charge is 0.481 e. The molecule has 2 aromatic heterocycles. The summed E-state index contributed by atoms with van der Waals surface area (Å²) in [5.41, 5.74) is 6.02. The zero-order valence-corrected chi connectivity index (χ0v) is 18.1. The maximum Gasteiger partial charge on any atom is 0.304 e. The van der Waals surface area contributed by atoms with Crippen LogP contribution in [0.2, 0.25) is 5.02 Å². The number of benzene rings is 1. The Balaban J connectivity index is 1.66. The average molecular weight is 424 g/mol. The predicted molar refractivity (Wildman–Crippen MR) is 118 cm³/mol. The van der Waals surface area contributed by atoms with Crippen LogP contribution in [-0.4, -0.2) is 38.6 Å². The lowest BCUT2D eigenvalue weighted by Crippen LogP contribution is -2.35. The van der Waals surface area contributed by atoms with Crippen molar-refractivity contribution < 1.29 is 9.90 Å². The number of carbonyl (C=O) groups is 1. The van der Waals surface area contributed by atoms with E-state index in [-0.39, 0.29) is 12.3 Å². The van der Waals surface area contributed by atoms with E-state index < -0.39 is 5.97 Å². The normalized spacial score (nSPS) is 21.7. The maximum absolute atomic E-state index is 11.7. The van der Waals surface area contributed by atoms with Crippen LogP contribution in [0.5, 0.6) is 0 Å². The molecule has 3 atom stereocenters. The zero-order chi connectivity index (χ0) is 21.0. The van der Waals surface area contributed by atoms with Crippen LogP contribution in [-0.2, 0) is 17.8 Å². The number of fused-ring (bicyclic) bond motifs is 6. The highest BCUT2D eigenvalue weighted by molar-refractivity contribution is 6.31. The smallest absolute Gasteiger partial charge is 0.304 e. The summed E-state index contributed by atoms with van der Waals surface area (Å²) in [6, 6.07) is 9.07. The van der Waals surface area contributed by atoms with Gasteiger partial charge in [0.25, 0.3) is 0 Å². The molecule has 1 N–H and O–H groups in total. The number of rotatable bonds is 5. The van der Waals surface area contributed by atoms with E-state index >= 15 is 0 Å². The molecule has 1 aromatic carbocycles. The van der Waals surface area contributed by atoms with E-state index in [1.807, 2.05) is 25.3 Å².